The summed E-state index contributed by atoms with van der Waals surface area (Å²) in [6, 6.07) is 14.1. The minimum Gasteiger partial charge on any atom is -0.367 e. The van der Waals surface area contributed by atoms with Crippen LogP contribution < -0.4 is 10.2 Å². The Labute approximate surface area is 271 Å². The summed E-state index contributed by atoms with van der Waals surface area (Å²) in [7, 11) is 1.80. The molecule has 2 aromatic carbocycles. The Morgan fingerprint density at radius 1 is 1.04 bits per heavy atom. The fourth-order valence-electron chi connectivity index (χ4n) is 6.91. The maximum absolute atomic E-state index is 14.5. The molecule has 1 N–H and O–H groups in total. The van der Waals surface area contributed by atoms with Crippen LogP contribution in [0.25, 0.3) is 22.5 Å². The van der Waals surface area contributed by atoms with Gasteiger partial charge in [0.2, 0.25) is 0 Å². The summed E-state index contributed by atoms with van der Waals surface area (Å²) in [4.78, 5) is 22.3. The number of alkyl halides is 3. The van der Waals surface area contributed by atoms with Gasteiger partial charge < -0.3 is 9.88 Å². The highest BCUT2D eigenvalue weighted by molar-refractivity contribution is 6.10. The van der Waals surface area contributed by atoms with E-state index in [1.807, 2.05) is 12.1 Å². The van der Waals surface area contributed by atoms with Gasteiger partial charge in [-0.1, -0.05) is 13.0 Å². The molecule has 7 rings (SSSR count). The molecule has 4 aromatic rings. The van der Waals surface area contributed by atoms with E-state index in [1.165, 1.54) is 11.0 Å². The molecule has 1 amide bonds. The third-order valence-corrected chi connectivity index (χ3v) is 9.51. The summed E-state index contributed by atoms with van der Waals surface area (Å²) >= 11 is 0. The second kappa shape index (κ2) is 12.1. The lowest BCUT2D eigenvalue weighted by Gasteiger charge is -2.31. The van der Waals surface area contributed by atoms with Crippen LogP contribution in [0.2, 0.25) is 0 Å². The van der Waals surface area contributed by atoms with Gasteiger partial charge in [0, 0.05) is 37.3 Å². The monoisotopic (exact) mass is 640 g/mol. The van der Waals surface area contributed by atoms with E-state index in [2.05, 4.69) is 33.4 Å². The van der Waals surface area contributed by atoms with Crippen LogP contribution in [0, 0.1) is 17.2 Å². The first kappa shape index (κ1) is 30.9. The van der Waals surface area contributed by atoms with Gasteiger partial charge >= 0.3 is 6.18 Å². The number of carbonyl (C=O) groups excluding carboxylic acids is 1. The number of amides is 1. The normalized spacial score (nSPS) is 18.6. The van der Waals surface area contributed by atoms with Crippen molar-refractivity contribution in [3.63, 3.8) is 0 Å². The maximum Gasteiger partial charge on any atom is 0.416 e. The van der Waals surface area contributed by atoms with Gasteiger partial charge in [0.25, 0.3) is 5.91 Å². The first-order valence-corrected chi connectivity index (χ1v) is 16.0. The molecule has 242 valence electrons. The highest BCUT2D eigenvalue weighted by atomic mass is 19.4. The van der Waals surface area contributed by atoms with Crippen molar-refractivity contribution in [3.05, 3.63) is 76.6 Å². The number of nitrogens with zero attached hydrogens (tertiary/aromatic N) is 7. The number of aromatic nitrogens is 4. The topological polar surface area (TPSA) is 103 Å². The SMILES string of the molecule is C[C@H]1CCCN(Cc2cc3c(c(C(F)(F)F)c2)CN(c2cc(-c4ccc(C#N)cc4-c4nncn4C)cc(NC4CCC4)n2)C3=O)C1. The smallest absolute Gasteiger partial charge is 0.367 e. The Hall–Kier alpha value is -4.76. The zero-order valence-corrected chi connectivity index (χ0v) is 26.3. The van der Waals surface area contributed by atoms with E-state index in [0.717, 1.165) is 50.8 Å². The molecule has 1 saturated heterocycles. The molecule has 1 aliphatic carbocycles. The largest absolute Gasteiger partial charge is 0.416 e. The van der Waals surface area contributed by atoms with Crippen LogP contribution in [0.15, 0.2) is 48.8 Å². The first-order chi connectivity index (χ1) is 22.6. The Morgan fingerprint density at radius 3 is 2.55 bits per heavy atom. The van der Waals surface area contributed by atoms with Gasteiger partial charge in [-0.15, -0.1) is 10.2 Å². The van der Waals surface area contributed by atoms with Gasteiger partial charge in [-0.25, -0.2) is 4.98 Å². The van der Waals surface area contributed by atoms with Gasteiger partial charge in [0.05, 0.1) is 23.7 Å². The average Bonchev–Trinajstić information content (AvgIpc) is 3.60. The van der Waals surface area contributed by atoms with Crippen LogP contribution in [0.1, 0.15) is 71.6 Å². The number of hydrogen-bond acceptors (Lipinski definition) is 7. The predicted molar refractivity (Wildman–Crippen MR) is 171 cm³/mol. The van der Waals surface area contributed by atoms with Crippen LogP contribution in [0.4, 0.5) is 24.8 Å². The van der Waals surface area contributed by atoms with Gasteiger partial charge in [-0.05, 0) is 103 Å². The lowest BCUT2D eigenvalue weighted by atomic mass is 9.93. The predicted octanol–water partition coefficient (Wildman–Crippen LogP) is 6.79. The number of hydrogen-bond donors (Lipinski definition) is 1. The van der Waals surface area contributed by atoms with Crippen molar-refractivity contribution in [3.8, 4) is 28.6 Å². The van der Waals surface area contributed by atoms with E-state index in [9.17, 15) is 23.2 Å². The number of carbonyl (C=O) groups is 1. The first-order valence-electron chi connectivity index (χ1n) is 16.0. The van der Waals surface area contributed by atoms with E-state index in [0.29, 0.717) is 46.4 Å². The maximum atomic E-state index is 14.5. The number of pyridine rings is 1. The zero-order chi connectivity index (χ0) is 32.9. The number of anilines is 2. The number of nitrogens with one attached hydrogen (secondary N) is 1. The van der Waals surface area contributed by atoms with Gasteiger partial charge in [-0.2, -0.15) is 18.4 Å². The van der Waals surface area contributed by atoms with Gasteiger partial charge in [0.1, 0.15) is 18.0 Å². The van der Waals surface area contributed by atoms with E-state index < -0.39 is 17.6 Å². The third kappa shape index (κ3) is 6.07. The van der Waals surface area contributed by atoms with Crippen LogP contribution in [0.5, 0.6) is 0 Å². The van der Waals surface area contributed by atoms with Crippen LogP contribution in [-0.2, 0) is 26.3 Å². The molecule has 3 aliphatic rings. The molecule has 2 fully saturated rings. The Kier molecular flexibility index (Phi) is 7.96. The summed E-state index contributed by atoms with van der Waals surface area (Å²) in [5.41, 5.74) is 2.25. The van der Waals surface area contributed by atoms with Crippen molar-refractivity contribution in [1.29, 1.82) is 5.26 Å². The zero-order valence-electron chi connectivity index (χ0n) is 26.3. The van der Waals surface area contributed by atoms with Crippen LogP contribution in [-0.4, -0.2) is 49.7 Å². The minimum absolute atomic E-state index is 0.0304. The number of benzene rings is 2. The van der Waals surface area contributed by atoms with E-state index >= 15 is 0 Å². The summed E-state index contributed by atoms with van der Waals surface area (Å²) in [6.07, 6.45) is 2.10. The van der Waals surface area contributed by atoms with E-state index in [4.69, 9.17) is 4.98 Å². The second-order valence-electron chi connectivity index (χ2n) is 13.1. The number of rotatable bonds is 7. The quantitative estimate of drug-likeness (QED) is 0.237. The van der Waals surface area contributed by atoms with Crippen molar-refractivity contribution in [2.45, 2.75) is 64.3 Å². The molecule has 0 bridgehead atoms. The van der Waals surface area contributed by atoms with Crippen molar-refractivity contribution in [2.24, 2.45) is 13.0 Å². The van der Waals surface area contributed by atoms with Gasteiger partial charge in [-0.3, -0.25) is 14.6 Å². The summed E-state index contributed by atoms with van der Waals surface area (Å²) < 4.78 is 45.3. The molecule has 1 atom stereocenters. The molecule has 2 aliphatic heterocycles. The van der Waals surface area contributed by atoms with Crippen molar-refractivity contribution in [2.75, 3.05) is 23.3 Å². The standard InChI is InChI=1S/C35H35F3N8O/c1-21-5-4-10-45(17-21)18-23-12-28-29(30(13-23)35(36,37)38)19-46(34(28)47)32-15-24(14-31(42-32)41-25-6-3-7-25)26-9-8-22(16-39)11-27(26)33-43-40-20-44(33)2/h8-9,11-15,20-21,25H,3-7,10,17-19H2,1-2H3,(H,41,42)/t21-/m0/s1. The van der Waals surface area contributed by atoms with Crippen LogP contribution >= 0.6 is 0 Å². The summed E-state index contributed by atoms with van der Waals surface area (Å²) in [5.74, 6) is 1.28. The van der Waals surface area contributed by atoms with Crippen LogP contribution in [0.3, 0.4) is 0 Å². The van der Waals surface area contributed by atoms with E-state index in [1.54, 1.807) is 42.2 Å². The lowest BCUT2D eigenvalue weighted by molar-refractivity contribution is -0.138. The Balaban J connectivity index is 1.30. The highest BCUT2D eigenvalue weighted by Gasteiger charge is 2.41. The molecule has 0 spiro atoms. The summed E-state index contributed by atoms with van der Waals surface area (Å²) in [6.45, 7) is 3.91. The Bertz CT molecular complexity index is 1890. The molecule has 0 radical (unpaired) electrons. The molecular weight excluding hydrogens is 605 g/mol. The number of piperidine rings is 1. The number of aryl methyl sites for hydroxylation is 1. The van der Waals surface area contributed by atoms with Crippen molar-refractivity contribution in [1.82, 2.24) is 24.6 Å². The number of fused-ring (bicyclic) bond motifs is 1. The molecule has 12 heteroatoms. The molecule has 47 heavy (non-hydrogen) atoms. The molecular formula is C35H35F3N8O. The average molecular weight is 641 g/mol. The lowest BCUT2D eigenvalue weighted by Crippen LogP contribution is -2.33. The second-order valence-corrected chi connectivity index (χ2v) is 13.1. The highest BCUT2D eigenvalue weighted by Crippen LogP contribution is 2.41. The minimum atomic E-state index is -4.62. The van der Waals surface area contributed by atoms with Crippen molar-refractivity contribution < 1.29 is 18.0 Å². The molecule has 9 nitrogen and oxygen atoms in total. The van der Waals surface area contributed by atoms with Crippen molar-refractivity contribution >= 4 is 17.5 Å². The number of likely N-dealkylation sites (tertiary alicyclic amines) is 1. The Morgan fingerprint density at radius 2 is 1.87 bits per heavy atom. The molecule has 0 unspecified atom stereocenters. The van der Waals surface area contributed by atoms with Gasteiger partial charge in [0.15, 0.2) is 5.82 Å². The number of halogens is 3. The molecule has 1 saturated carbocycles. The van der Waals surface area contributed by atoms with E-state index in [-0.39, 0.29) is 29.5 Å². The summed E-state index contributed by atoms with van der Waals surface area (Å²) in [5, 5.41) is 21.4. The fraction of sp³-hybridized carbons (Fsp3) is 0.400. The number of nitriles is 1. The third-order valence-electron chi connectivity index (χ3n) is 9.51. The fourth-order valence-corrected chi connectivity index (χ4v) is 6.91. The molecule has 2 aromatic heterocycles. The molecule has 4 heterocycles.